The molecule has 1 heterocycles. The van der Waals surface area contributed by atoms with E-state index in [0.29, 0.717) is 12.6 Å². The van der Waals surface area contributed by atoms with Gasteiger partial charge >= 0.3 is 0 Å². The van der Waals surface area contributed by atoms with Crippen LogP contribution in [0.2, 0.25) is 0 Å². The van der Waals surface area contributed by atoms with Crippen molar-refractivity contribution in [2.24, 2.45) is 0 Å². The van der Waals surface area contributed by atoms with Gasteiger partial charge < -0.3 is 15.0 Å². The Kier molecular flexibility index (Phi) is 7.30. The van der Waals surface area contributed by atoms with E-state index < -0.39 is 0 Å². The molecule has 1 unspecified atom stereocenters. The van der Waals surface area contributed by atoms with Crippen molar-refractivity contribution in [1.82, 2.24) is 9.97 Å². The summed E-state index contributed by atoms with van der Waals surface area (Å²) in [7, 11) is 1.73. The van der Waals surface area contributed by atoms with Crippen molar-refractivity contribution in [1.29, 1.82) is 0 Å². The third kappa shape index (κ3) is 4.96. The number of aromatic nitrogens is 2. The van der Waals surface area contributed by atoms with Crippen molar-refractivity contribution in [3.05, 3.63) is 11.9 Å². The van der Waals surface area contributed by atoms with Gasteiger partial charge in [-0.25, -0.2) is 9.97 Å². The van der Waals surface area contributed by atoms with E-state index in [1.165, 1.54) is 0 Å². The Balaban J connectivity index is 2.95. The minimum absolute atomic E-state index is 0.429. The second kappa shape index (κ2) is 8.74. The van der Waals surface area contributed by atoms with Gasteiger partial charge in [-0.1, -0.05) is 13.8 Å². The van der Waals surface area contributed by atoms with Gasteiger partial charge in [-0.2, -0.15) is 0 Å². The van der Waals surface area contributed by atoms with Crippen LogP contribution >= 0.6 is 0 Å². The van der Waals surface area contributed by atoms with Gasteiger partial charge in [0, 0.05) is 32.3 Å². The van der Waals surface area contributed by atoms with Crippen molar-refractivity contribution < 1.29 is 4.74 Å². The van der Waals surface area contributed by atoms with Crippen LogP contribution in [-0.2, 0) is 4.74 Å². The Labute approximate surface area is 122 Å². The topological polar surface area (TPSA) is 50.3 Å². The highest BCUT2D eigenvalue weighted by atomic mass is 16.5. The molecule has 1 rings (SSSR count). The molecule has 5 heteroatoms. The van der Waals surface area contributed by atoms with Crippen molar-refractivity contribution in [3.63, 3.8) is 0 Å². The quantitative estimate of drug-likeness (QED) is 0.754. The van der Waals surface area contributed by atoms with Crippen molar-refractivity contribution in [2.45, 2.75) is 46.6 Å². The lowest BCUT2D eigenvalue weighted by atomic mass is 10.2. The van der Waals surface area contributed by atoms with Crippen molar-refractivity contribution >= 4 is 11.6 Å². The zero-order valence-electron chi connectivity index (χ0n) is 13.4. The van der Waals surface area contributed by atoms with Gasteiger partial charge in [0.15, 0.2) is 0 Å². The minimum atomic E-state index is 0.429. The van der Waals surface area contributed by atoms with E-state index in [9.17, 15) is 0 Å². The van der Waals surface area contributed by atoms with Crippen LogP contribution in [0, 0.1) is 6.92 Å². The Morgan fingerprint density at radius 3 is 2.70 bits per heavy atom. The van der Waals surface area contributed by atoms with E-state index in [2.05, 4.69) is 41.0 Å². The molecule has 1 aromatic rings. The molecular weight excluding hydrogens is 252 g/mol. The van der Waals surface area contributed by atoms with Crippen LogP contribution in [0.25, 0.3) is 0 Å². The molecule has 0 spiro atoms. The fourth-order valence-corrected chi connectivity index (χ4v) is 2.01. The SMILES string of the molecule is CCCNc1cc(N(CCOC)C(C)CC)nc(C)n1. The minimum Gasteiger partial charge on any atom is -0.383 e. The van der Waals surface area contributed by atoms with Gasteiger partial charge in [0.2, 0.25) is 0 Å². The number of hydrogen-bond acceptors (Lipinski definition) is 5. The van der Waals surface area contributed by atoms with Crippen LogP contribution in [0.5, 0.6) is 0 Å². The van der Waals surface area contributed by atoms with Gasteiger partial charge in [0.25, 0.3) is 0 Å². The highest BCUT2D eigenvalue weighted by molar-refractivity contribution is 5.50. The number of methoxy groups -OCH3 is 1. The molecule has 20 heavy (non-hydrogen) atoms. The molecule has 0 fully saturated rings. The first-order valence-electron chi connectivity index (χ1n) is 7.47. The molecule has 0 aliphatic rings. The lowest BCUT2D eigenvalue weighted by Crippen LogP contribution is -2.36. The summed E-state index contributed by atoms with van der Waals surface area (Å²) in [5.74, 6) is 2.68. The average molecular weight is 280 g/mol. The molecule has 5 nitrogen and oxygen atoms in total. The van der Waals surface area contributed by atoms with E-state index in [1.807, 2.05) is 13.0 Å². The molecule has 0 saturated heterocycles. The van der Waals surface area contributed by atoms with Gasteiger partial charge in [0.05, 0.1) is 6.61 Å². The van der Waals surface area contributed by atoms with Crippen LogP contribution in [0.15, 0.2) is 6.07 Å². The molecule has 1 aromatic heterocycles. The monoisotopic (exact) mass is 280 g/mol. The van der Waals surface area contributed by atoms with E-state index in [1.54, 1.807) is 7.11 Å². The van der Waals surface area contributed by atoms with E-state index in [4.69, 9.17) is 4.74 Å². The Morgan fingerprint density at radius 2 is 2.10 bits per heavy atom. The van der Waals surface area contributed by atoms with E-state index >= 15 is 0 Å². The molecular formula is C15H28N4O. The summed E-state index contributed by atoms with van der Waals surface area (Å²) in [6.45, 7) is 11.0. The molecule has 0 aliphatic carbocycles. The van der Waals surface area contributed by atoms with E-state index in [0.717, 1.165) is 43.4 Å². The molecule has 0 amide bonds. The number of hydrogen-bond donors (Lipinski definition) is 1. The summed E-state index contributed by atoms with van der Waals surface area (Å²) in [6.07, 6.45) is 2.15. The molecule has 0 aromatic carbocycles. The lowest BCUT2D eigenvalue weighted by Gasteiger charge is -2.29. The average Bonchev–Trinajstić information content (AvgIpc) is 2.44. The lowest BCUT2D eigenvalue weighted by molar-refractivity contribution is 0.203. The maximum atomic E-state index is 5.21. The Morgan fingerprint density at radius 1 is 1.35 bits per heavy atom. The Bertz CT molecular complexity index is 397. The number of rotatable bonds is 9. The van der Waals surface area contributed by atoms with E-state index in [-0.39, 0.29) is 0 Å². The first kappa shape index (κ1) is 16.7. The standard InChI is InChI=1S/C15H28N4O/c1-6-8-16-14-11-15(18-13(4)17-14)19(9-10-20-5)12(3)7-2/h11-12H,6-10H2,1-5H3,(H,16,17,18). The third-order valence-corrected chi connectivity index (χ3v) is 3.33. The largest absolute Gasteiger partial charge is 0.383 e. The second-order valence-corrected chi connectivity index (χ2v) is 5.03. The summed E-state index contributed by atoms with van der Waals surface area (Å²) in [5, 5.41) is 3.33. The van der Waals surface area contributed by atoms with Crippen LogP contribution in [-0.4, -0.2) is 42.8 Å². The molecule has 0 saturated carbocycles. The van der Waals surface area contributed by atoms with Crippen LogP contribution in [0.1, 0.15) is 39.4 Å². The third-order valence-electron chi connectivity index (χ3n) is 3.33. The second-order valence-electron chi connectivity index (χ2n) is 5.03. The Hall–Kier alpha value is -1.36. The van der Waals surface area contributed by atoms with Gasteiger partial charge in [-0.3, -0.25) is 0 Å². The van der Waals surface area contributed by atoms with Crippen LogP contribution in [0.4, 0.5) is 11.6 Å². The molecule has 1 atom stereocenters. The summed E-state index contributed by atoms with van der Waals surface area (Å²) in [5.41, 5.74) is 0. The number of nitrogens with zero attached hydrogens (tertiary/aromatic N) is 3. The van der Waals surface area contributed by atoms with Crippen LogP contribution < -0.4 is 10.2 Å². The maximum Gasteiger partial charge on any atom is 0.134 e. The van der Waals surface area contributed by atoms with Crippen molar-refractivity contribution in [2.75, 3.05) is 37.0 Å². The smallest absolute Gasteiger partial charge is 0.134 e. The number of anilines is 2. The zero-order chi connectivity index (χ0) is 15.0. The fourth-order valence-electron chi connectivity index (χ4n) is 2.01. The normalized spacial score (nSPS) is 12.2. The predicted octanol–water partition coefficient (Wildman–Crippen LogP) is 2.86. The first-order chi connectivity index (χ1) is 9.62. The highest BCUT2D eigenvalue weighted by Crippen LogP contribution is 2.19. The fraction of sp³-hybridized carbons (Fsp3) is 0.733. The maximum absolute atomic E-state index is 5.21. The van der Waals surface area contributed by atoms with Crippen molar-refractivity contribution in [3.8, 4) is 0 Å². The number of nitrogens with one attached hydrogen (secondary N) is 1. The summed E-state index contributed by atoms with van der Waals surface area (Å²) in [6, 6.07) is 2.46. The molecule has 1 N–H and O–H groups in total. The van der Waals surface area contributed by atoms with Crippen LogP contribution in [0.3, 0.4) is 0 Å². The first-order valence-corrected chi connectivity index (χ1v) is 7.47. The number of aryl methyl sites for hydroxylation is 1. The summed E-state index contributed by atoms with van der Waals surface area (Å²) in [4.78, 5) is 11.3. The highest BCUT2D eigenvalue weighted by Gasteiger charge is 2.15. The zero-order valence-corrected chi connectivity index (χ0v) is 13.4. The van der Waals surface area contributed by atoms with Gasteiger partial charge in [0.1, 0.15) is 17.5 Å². The molecule has 0 bridgehead atoms. The predicted molar refractivity (Wildman–Crippen MR) is 84.5 cm³/mol. The molecule has 114 valence electrons. The van der Waals surface area contributed by atoms with Gasteiger partial charge in [-0.05, 0) is 26.7 Å². The summed E-state index contributed by atoms with van der Waals surface area (Å²) < 4.78 is 5.21. The summed E-state index contributed by atoms with van der Waals surface area (Å²) >= 11 is 0. The number of ether oxygens (including phenoxy) is 1. The van der Waals surface area contributed by atoms with Gasteiger partial charge in [-0.15, -0.1) is 0 Å². The molecule has 0 aliphatic heterocycles. The molecule has 0 radical (unpaired) electrons.